The molecule has 14 heteroatoms. The van der Waals surface area contributed by atoms with Crippen molar-refractivity contribution < 1.29 is 38.7 Å². The topological polar surface area (TPSA) is 200 Å². The quantitative estimate of drug-likeness (QED) is 0.188. The van der Waals surface area contributed by atoms with E-state index in [0.29, 0.717) is 31.4 Å². The molecule has 0 radical (unpaired) electrons. The van der Waals surface area contributed by atoms with Crippen molar-refractivity contribution in [2.75, 3.05) is 20.6 Å². The smallest absolute Gasteiger partial charge is 0.305 e. The molecule has 1 fully saturated rings. The predicted octanol–water partition coefficient (Wildman–Crippen LogP) is 1.11. The Morgan fingerprint density at radius 2 is 1.39 bits per heavy atom. The second-order valence-corrected chi connectivity index (χ2v) is 13.4. The van der Waals surface area contributed by atoms with Crippen molar-refractivity contribution >= 4 is 41.4 Å². The highest BCUT2D eigenvalue weighted by atomic mass is 16.4. The predicted molar refractivity (Wildman–Crippen MR) is 189 cm³/mol. The van der Waals surface area contributed by atoms with Gasteiger partial charge in [0.2, 0.25) is 35.4 Å². The van der Waals surface area contributed by atoms with Crippen LogP contribution >= 0.6 is 0 Å². The summed E-state index contributed by atoms with van der Waals surface area (Å²) >= 11 is 0. The Morgan fingerprint density at radius 3 is 1.88 bits per heavy atom. The fourth-order valence-corrected chi connectivity index (χ4v) is 6.34. The van der Waals surface area contributed by atoms with E-state index in [0.717, 1.165) is 5.56 Å². The minimum absolute atomic E-state index is 0.00841. The molecule has 3 rings (SSSR count). The van der Waals surface area contributed by atoms with Gasteiger partial charge in [-0.15, -0.1) is 0 Å². The SMILES string of the molecule is CC(=O)N[C@@H](CC(C)C)C(=O)N1CCC[C@H]1C(=O)N(C)[C@@H](Cc1ccccc1)C(=O)N(C)[C@@H](Cc1ccccc1)C(=O)N[C@@H](CC(=O)O)C(N)=O. The second-order valence-electron chi connectivity index (χ2n) is 13.4. The van der Waals surface area contributed by atoms with Crippen molar-refractivity contribution in [3.05, 3.63) is 71.8 Å². The summed E-state index contributed by atoms with van der Waals surface area (Å²) in [6, 6.07) is 12.3. The third-order valence-electron chi connectivity index (χ3n) is 9.00. The van der Waals surface area contributed by atoms with Crippen LogP contribution in [0.3, 0.4) is 0 Å². The molecule has 2 aromatic carbocycles. The molecule has 14 nitrogen and oxygen atoms in total. The first-order valence-electron chi connectivity index (χ1n) is 17.1. The summed E-state index contributed by atoms with van der Waals surface area (Å²) in [4.78, 5) is 95.7. The molecule has 5 N–H and O–H groups in total. The van der Waals surface area contributed by atoms with Crippen molar-refractivity contribution in [2.45, 2.75) is 89.5 Å². The lowest BCUT2D eigenvalue weighted by Gasteiger charge is -2.37. The molecular formula is C37H50N6O8. The van der Waals surface area contributed by atoms with Crippen LogP contribution < -0.4 is 16.4 Å². The van der Waals surface area contributed by atoms with Gasteiger partial charge in [0.15, 0.2) is 0 Å². The van der Waals surface area contributed by atoms with Crippen molar-refractivity contribution in [1.29, 1.82) is 0 Å². The van der Waals surface area contributed by atoms with Crippen LogP contribution in [-0.2, 0) is 46.4 Å². The van der Waals surface area contributed by atoms with Crippen LogP contribution in [0.25, 0.3) is 0 Å². The molecule has 0 bridgehead atoms. The second kappa shape index (κ2) is 18.6. The Hall–Kier alpha value is -5.27. The van der Waals surface area contributed by atoms with Crippen LogP contribution in [-0.4, -0.2) is 112 Å². The molecule has 0 saturated carbocycles. The van der Waals surface area contributed by atoms with E-state index in [1.165, 1.54) is 35.7 Å². The van der Waals surface area contributed by atoms with Crippen LogP contribution in [0.15, 0.2) is 60.7 Å². The normalized spacial score (nSPS) is 16.4. The number of likely N-dealkylation sites (N-methyl/N-ethyl adjacent to an activating group) is 2. The summed E-state index contributed by atoms with van der Waals surface area (Å²) in [5.74, 6) is -4.87. The molecule has 276 valence electrons. The molecule has 1 aliphatic heterocycles. The summed E-state index contributed by atoms with van der Waals surface area (Å²) in [7, 11) is 2.90. The van der Waals surface area contributed by atoms with Crippen LogP contribution in [0.2, 0.25) is 0 Å². The molecule has 2 aromatic rings. The van der Waals surface area contributed by atoms with E-state index >= 15 is 0 Å². The van der Waals surface area contributed by atoms with Gasteiger partial charge in [0.1, 0.15) is 30.2 Å². The van der Waals surface area contributed by atoms with E-state index in [4.69, 9.17) is 5.73 Å². The van der Waals surface area contributed by atoms with Gasteiger partial charge in [-0.3, -0.25) is 33.6 Å². The van der Waals surface area contributed by atoms with Crippen LogP contribution in [0.1, 0.15) is 57.6 Å². The van der Waals surface area contributed by atoms with E-state index in [9.17, 15) is 38.7 Å². The number of hydrogen-bond donors (Lipinski definition) is 4. The number of carboxylic acids is 1. The number of carbonyl (C=O) groups is 7. The lowest BCUT2D eigenvalue weighted by molar-refractivity contribution is -0.152. The first-order valence-corrected chi connectivity index (χ1v) is 17.1. The molecule has 0 spiro atoms. The third kappa shape index (κ3) is 11.4. The van der Waals surface area contributed by atoms with E-state index < -0.39 is 66.2 Å². The molecule has 0 aromatic heterocycles. The third-order valence-corrected chi connectivity index (χ3v) is 9.00. The van der Waals surface area contributed by atoms with Gasteiger partial charge in [0, 0.05) is 40.4 Å². The first kappa shape index (κ1) is 40.2. The average molecular weight is 707 g/mol. The zero-order valence-electron chi connectivity index (χ0n) is 29.9. The fraction of sp³-hybridized carbons (Fsp3) is 0.486. The van der Waals surface area contributed by atoms with Gasteiger partial charge >= 0.3 is 5.97 Å². The van der Waals surface area contributed by atoms with Gasteiger partial charge in [-0.2, -0.15) is 0 Å². The number of amides is 6. The molecule has 1 aliphatic rings. The molecule has 0 aliphatic carbocycles. The number of carbonyl (C=O) groups excluding carboxylic acids is 6. The maximum absolute atomic E-state index is 14.5. The average Bonchev–Trinajstić information content (AvgIpc) is 3.57. The van der Waals surface area contributed by atoms with Crippen molar-refractivity contribution in [3.8, 4) is 0 Å². The van der Waals surface area contributed by atoms with Crippen LogP contribution in [0.4, 0.5) is 0 Å². The molecule has 1 heterocycles. The molecule has 6 amide bonds. The molecular weight excluding hydrogens is 656 g/mol. The van der Waals surface area contributed by atoms with Gasteiger partial charge in [-0.1, -0.05) is 74.5 Å². The lowest BCUT2D eigenvalue weighted by atomic mass is 9.99. The zero-order valence-corrected chi connectivity index (χ0v) is 29.9. The lowest BCUT2D eigenvalue weighted by Crippen LogP contribution is -2.60. The standard InChI is InChI=1S/C37H50N6O8/c1-23(2)19-28(39-24(3)44)35(49)43-18-12-17-29(43)36(50)42(5)31(21-26-15-10-7-11-16-26)37(51)41(4)30(20-25-13-8-6-9-14-25)34(48)40-27(33(38)47)22-32(45)46/h6-11,13-16,23,27-31H,12,17-22H2,1-5H3,(H2,38,47)(H,39,44)(H,40,48)(H,45,46)/t27-,28-,29-,30-,31-/m0/s1. The van der Waals surface area contributed by atoms with Crippen LogP contribution in [0, 0.1) is 5.92 Å². The first-order chi connectivity index (χ1) is 24.1. The number of aliphatic carboxylic acids is 1. The molecule has 1 saturated heterocycles. The van der Waals surface area contributed by atoms with Crippen LogP contribution in [0.5, 0.6) is 0 Å². The van der Waals surface area contributed by atoms with Gasteiger partial charge in [-0.25, -0.2) is 0 Å². The maximum Gasteiger partial charge on any atom is 0.305 e. The van der Waals surface area contributed by atoms with Crippen molar-refractivity contribution in [1.82, 2.24) is 25.3 Å². The Kier molecular flexibility index (Phi) is 14.7. The van der Waals surface area contributed by atoms with Gasteiger partial charge in [0.25, 0.3) is 0 Å². The number of likely N-dealkylation sites (tertiary alicyclic amines) is 1. The minimum Gasteiger partial charge on any atom is -0.481 e. The fourth-order valence-electron chi connectivity index (χ4n) is 6.34. The van der Waals surface area contributed by atoms with E-state index in [2.05, 4.69) is 10.6 Å². The number of primary amides is 1. The van der Waals surface area contributed by atoms with Crippen molar-refractivity contribution in [3.63, 3.8) is 0 Å². The molecule has 5 atom stereocenters. The number of carboxylic acid groups (broad SMARTS) is 1. The number of benzene rings is 2. The molecule has 51 heavy (non-hydrogen) atoms. The Labute approximate surface area is 298 Å². The summed E-state index contributed by atoms with van der Waals surface area (Å²) in [6.07, 6.45) is 0.646. The van der Waals surface area contributed by atoms with E-state index in [1.807, 2.05) is 32.0 Å². The van der Waals surface area contributed by atoms with E-state index in [-0.39, 0.29) is 30.6 Å². The zero-order chi connectivity index (χ0) is 37.8. The highest BCUT2D eigenvalue weighted by Crippen LogP contribution is 2.24. The monoisotopic (exact) mass is 706 g/mol. The maximum atomic E-state index is 14.5. The number of nitrogens with one attached hydrogen (secondary N) is 2. The van der Waals surface area contributed by atoms with Gasteiger partial charge in [-0.05, 0) is 36.3 Å². The van der Waals surface area contributed by atoms with Crippen molar-refractivity contribution in [2.24, 2.45) is 11.7 Å². The number of rotatable bonds is 17. The highest BCUT2D eigenvalue weighted by Gasteiger charge is 2.42. The number of nitrogens with zero attached hydrogens (tertiary/aromatic N) is 3. The highest BCUT2D eigenvalue weighted by molar-refractivity contribution is 5.97. The Morgan fingerprint density at radius 1 is 0.843 bits per heavy atom. The Bertz CT molecular complexity index is 1550. The summed E-state index contributed by atoms with van der Waals surface area (Å²) in [6.45, 7) is 5.52. The number of hydrogen-bond acceptors (Lipinski definition) is 7. The number of nitrogens with two attached hydrogens (primary N) is 1. The summed E-state index contributed by atoms with van der Waals surface area (Å²) in [5.41, 5.74) is 6.82. The summed E-state index contributed by atoms with van der Waals surface area (Å²) < 4.78 is 0. The minimum atomic E-state index is -1.52. The molecule has 0 unspecified atom stereocenters. The largest absolute Gasteiger partial charge is 0.481 e. The summed E-state index contributed by atoms with van der Waals surface area (Å²) in [5, 5.41) is 14.4. The van der Waals surface area contributed by atoms with E-state index in [1.54, 1.807) is 42.5 Å². The van der Waals surface area contributed by atoms with Gasteiger partial charge in [0.05, 0.1) is 6.42 Å². The Balaban J connectivity index is 1.98. The van der Waals surface area contributed by atoms with Gasteiger partial charge < -0.3 is 36.2 Å².